The molecule has 0 aromatic heterocycles. The summed E-state index contributed by atoms with van der Waals surface area (Å²) in [4.78, 5) is 26.5. The van der Waals surface area contributed by atoms with Crippen LogP contribution >= 0.6 is 23.4 Å². The number of halogens is 2. The Labute approximate surface area is 199 Å². The van der Waals surface area contributed by atoms with Crippen LogP contribution in [0.1, 0.15) is 16.7 Å². The summed E-state index contributed by atoms with van der Waals surface area (Å²) >= 11 is 7.02. The second-order valence-electron chi connectivity index (χ2n) is 7.15. The van der Waals surface area contributed by atoms with Crippen LogP contribution in [0, 0.1) is 5.82 Å². The Morgan fingerprint density at radius 2 is 1.73 bits per heavy atom. The third kappa shape index (κ3) is 5.21. The summed E-state index contributed by atoms with van der Waals surface area (Å²) in [6, 6.07) is 18.6. The number of amides is 2. The minimum Gasteiger partial charge on any atom is -0.493 e. The van der Waals surface area contributed by atoms with Gasteiger partial charge in [0.1, 0.15) is 12.4 Å². The van der Waals surface area contributed by atoms with E-state index in [-0.39, 0.29) is 23.6 Å². The minimum atomic E-state index is -0.470. The fourth-order valence-electron chi connectivity index (χ4n) is 3.25. The molecule has 33 heavy (non-hydrogen) atoms. The van der Waals surface area contributed by atoms with Gasteiger partial charge >= 0.3 is 0 Å². The second-order valence-corrected chi connectivity index (χ2v) is 8.55. The van der Waals surface area contributed by atoms with E-state index in [0.29, 0.717) is 22.1 Å². The van der Waals surface area contributed by atoms with Crippen molar-refractivity contribution in [3.05, 3.63) is 99.2 Å². The highest BCUT2D eigenvalue weighted by Crippen LogP contribution is 2.36. The molecule has 3 aromatic carbocycles. The molecule has 3 aromatic rings. The van der Waals surface area contributed by atoms with Crippen molar-refractivity contribution < 1.29 is 23.5 Å². The quantitative estimate of drug-likeness (QED) is 0.369. The number of carbonyl (C=O) groups is 2. The smallest absolute Gasteiger partial charge is 0.293 e. The van der Waals surface area contributed by atoms with E-state index in [2.05, 4.69) is 0 Å². The third-order valence-electron chi connectivity index (χ3n) is 4.99. The van der Waals surface area contributed by atoms with Crippen LogP contribution in [0.4, 0.5) is 9.18 Å². The molecule has 1 aliphatic rings. The summed E-state index contributed by atoms with van der Waals surface area (Å²) in [7, 11) is 1.53. The van der Waals surface area contributed by atoms with Gasteiger partial charge in [0.05, 0.1) is 18.6 Å². The van der Waals surface area contributed by atoms with E-state index in [1.165, 1.54) is 13.2 Å². The van der Waals surface area contributed by atoms with Gasteiger partial charge in [0.15, 0.2) is 11.5 Å². The van der Waals surface area contributed by atoms with Crippen LogP contribution in [0.3, 0.4) is 0 Å². The maximum atomic E-state index is 14.0. The first-order chi connectivity index (χ1) is 16.0. The normalized spacial score (nSPS) is 14.8. The van der Waals surface area contributed by atoms with Gasteiger partial charge in [-0.25, -0.2) is 4.39 Å². The molecular formula is C25H19ClFNO4S. The predicted octanol–water partition coefficient (Wildman–Crippen LogP) is 6.30. The number of imide groups is 1. The number of nitrogens with zero attached hydrogens (tertiary/aromatic N) is 1. The van der Waals surface area contributed by atoms with Crippen LogP contribution in [0.2, 0.25) is 5.02 Å². The van der Waals surface area contributed by atoms with Crippen molar-refractivity contribution in [2.75, 3.05) is 7.11 Å². The maximum absolute atomic E-state index is 14.0. The Balaban J connectivity index is 1.54. The average molecular weight is 484 g/mol. The molecule has 0 N–H and O–H groups in total. The van der Waals surface area contributed by atoms with Crippen LogP contribution in [0.5, 0.6) is 11.5 Å². The molecule has 2 amide bonds. The molecule has 0 bridgehead atoms. The van der Waals surface area contributed by atoms with Crippen molar-refractivity contribution in [1.82, 2.24) is 4.90 Å². The van der Waals surface area contributed by atoms with E-state index in [1.54, 1.807) is 48.5 Å². The molecule has 1 aliphatic heterocycles. The van der Waals surface area contributed by atoms with Gasteiger partial charge in [0.25, 0.3) is 11.1 Å². The first-order valence-corrected chi connectivity index (χ1v) is 11.2. The first-order valence-electron chi connectivity index (χ1n) is 9.99. The number of thioether (sulfide) groups is 1. The fourth-order valence-corrected chi connectivity index (χ4v) is 4.28. The largest absolute Gasteiger partial charge is 0.493 e. The van der Waals surface area contributed by atoms with Crippen molar-refractivity contribution in [2.24, 2.45) is 0 Å². The Hall–Kier alpha value is -3.29. The van der Waals surface area contributed by atoms with Crippen LogP contribution < -0.4 is 9.47 Å². The summed E-state index contributed by atoms with van der Waals surface area (Å²) in [6.07, 6.45) is 1.61. The summed E-state index contributed by atoms with van der Waals surface area (Å²) in [6.45, 7) is 0.113. The highest BCUT2D eigenvalue weighted by atomic mass is 35.5. The molecule has 1 saturated heterocycles. The van der Waals surface area contributed by atoms with Gasteiger partial charge in [-0.2, -0.15) is 0 Å². The number of rotatable bonds is 7. The number of hydrogen-bond donors (Lipinski definition) is 0. The molecule has 0 spiro atoms. The van der Waals surface area contributed by atoms with E-state index in [1.807, 2.05) is 18.2 Å². The number of methoxy groups -OCH3 is 1. The van der Waals surface area contributed by atoms with E-state index < -0.39 is 17.0 Å². The Morgan fingerprint density at radius 1 is 1.00 bits per heavy atom. The molecule has 0 atom stereocenters. The highest BCUT2D eigenvalue weighted by Gasteiger charge is 2.35. The van der Waals surface area contributed by atoms with E-state index in [0.717, 1.165) is 22.2 Å². The van der Waals surface area contributed by atoms with Gasteiger partial charge in [-0.15, -0.1) is 0 Å². The summed E-state index contributed by atoms with van der Waals surface area (Å²) in [5, 5.41) is 0.148. The SMILES string of the molecule is COc1ccc(/C=C2\SC(=O)N(Cc3ccccc3F)C2=O)cc1OCc1ccccc1Cl. The summed E-state index contributed by atoms with van der Waals surface area (Å²) < 4.78 is 25.3. The lowest BCUT2D eigenvalue weighted by atomic mass is 10.1. The molecule has 168 valence electrons. The van der Waals surface area contributed by atoms with Gasteiger partial charge in [-0.1, -0.05) is 54.1 Å². The number of hydrogen-bond acceptors (Lipinski definition) is 5. The van der Waals surface area contributed by atoms with E-state index in [4.69, 9.17) is 21.1 Å². The number of ether oxygens (including phenoxy) is 2. The Morgan fingerprint density at radius 3 is 2.45 bits per heavy atom. The van der Waals surface area contributed by atoms with E-state index in [9.17, 15) is 14.0 Å². The standard InChI is InChI=1S/C25H19ClFNO4S/c1-31-21-11-10-16(12-22(21)32-15-18-7-2-4-8-19(18)26)13-23-24(29)28(25(30)33-23)14-17-6-3-5-9-20(17)27/h2-13H,14-15H2,1H3/b23-13-. The van der Waals surface area contributed by atoms with Crippen molar-refractivity contribution in [3.63, 3.8) is 0 Å². The number of carbonyl (C=O) groups excluding carboxylic acids is 2. The molecule has 1 fully saturated rings. The fraction of sp³-hybridized carbons (Fsp3) is 0.120. The van der Waals surface area contributed by atoms with Crippen LogP contribution in [-0.4, -0.2) is 23.2 Å². The van der Waals surface area contributed by atoms with Crippen LogP contribution in [-0.2, 0) is 17.9 Å². The van der Waals surface area contributed by atoms with Crippen LogP contribution in [0.25, 0.3) is 6.08 Å². The van der Waals surface area contributed by atoms with Gasteiger partial charge in [0, 0.05) is 16.1 Å². The molecule has 0 saturated carbocycles. The molecule has 5 nitrogen and oxygen atoms in total. The van der Waals surface area contributed by atoms with Crippen LogP contribution in [0.15, 0.2) is 71.6 Å². The second kappa shape index (κ2) is 10.1. The van der Waals surface area contributed by atoms with Gasteiger partial charge < -0.3 is 9.47 Å². The summed E-state index contributed by atoms with van der Waals surface area (Å²) in [5.41, 5.74) is 1.75. The first kappa shape index (κ1) is 22.9. The average Bonchev–Trinajstić information content (AvgIpc) is 3.07. The van der Waals surface area contributed by atoms with Gasteiger partial charge in [-0.3, -0.25) is 14.5 Å². The van der Waals surface area contributed by atoms with Gasteiger partial charge in [0.2, 0.25) is 0 Å². The van der Waals surface area contributed by atoms with Crippen molar-refractivity contribution >= 4 is 40.6 Å². The molecule has 0 radical (unpaired) electrons. The summed E-state index contributed by atoms with van der Waals surface area (Å²) in [5.74, 6) is 0.0576. The highest BCUT2D eigenvalue weighted by molar-refractivity contribution is 8.18. The van der Waals surface area contributed by atoms with Crippen molar-refractivity contribution in [3.8, 4) is 11.5 Å². The minimum absolute atomic E-state index is 0.122. The lowest BCUT2D eigenvalue weighted by Gasteiger charge is -2.13. The maximum Gasteiger partial charge on any atom is 0.293 e. The lowest BCUT2D eigenvalue weighted by Crippen LogP contribution is -2.27. The zero-order valence-electron chi connectivity index (χ0n) is 17.6. The molecule has 4 rings (SSSR count). The van der Waals surface area contributed by atoms with E-state index >= 15 is 0 Å². The number of benzene rings is 3. The molecule has 1 heterocycles. The molecular weight excluding hydrogens is 465 g/mol. The van der Waals surface area contributed by atoms with Gasteiger partial charge in [-0.05, 0) is 47.7 Å². The zero-order chi connectivity index (χ0) is 23.4. The monoisotopic (exact) mass is 483 g/mol. The zero-order valence-corrected chi connectivity index (χ0v) is 19.2. The Kier molecular flexibility index (Phi) is 7.01. The van der Waals surface area contributed by atoms with Crippen molar-refractivity contribution in [1.29, 1.82) is 0 Å². The van der Waals surface area contributed by atoms with Crippen molar-refractivity contribution in [2.45, 2.75) is 13.2 Å². The molecule has 0 aliphatic carbocycles. The third-order valence-corrected chi connectivity index (χ3v) is 6.26. The predicted molar refractivity (Wildman–Crippen MR) is 127 cm³/mol. The lowest BCUT2D eigenvalue weighted by molar-refractivity contribution is -0.123. The molecule has 0 unspecified atom stereocenters. The topological polar surface area (TPSA) is 55.8 Å². The molecule has 8 heteroatoms. The Bertz CT molecular complexity index is 1250.